The maximum Gasteiger partial charge on any atom is 0.315 e. The number of hydrogen-bond acceptors (Lipinski definition) is 2. The number of aliphatic carboxylic acids is 1. The van der Waals surface area contributed by atoms with Crippen molar-refractivity contribution < 1.29 is 14.7 Å². The molecule has 6 heteroatoms. The first kappa shape index (κ1) is 16.3. The van der Waals surface area contributed by atoms with E-state index in [0.717, 1.165) is 5.56 Å². The number of nitrogens with one attached hydrogen (secondary N) is 2. The molecule has 1 unspecified atom stereocenters. The third kappa shape index (κ3) is 4.42. The minimum atomic E-state index is -1.01. The molecule has 0 fully saturated rings. The van der Waals surface area contributed by atoms with Gasteiger partial charge >= 0.3 is 12.0 Å². The van der Waals surface area contributed by atoms with E-state index in [1.165, 1.54) is 0 Å². The van der Waals surface area contributed by atoms with Crippen molar-refractivity contribution >= 4 is 23.6 Å². The van der Waals surface area contributed by atoms with Gasteiger partial charge in [-0.15, -0.1) is 0 Å². The van der Waals surface area contributed by atoms with Crippen LogP contribution in [0, 0.1) is 5.41 Å². The fraction of sp³-hybridized carbons (Fsp3) is 0.429. The van der Waals surface area contributed by atoms with Crippen molar-refractivity contribution in [2.24, 2.45) is 5.41 Å². The number of carboxylic acids is 1. The van der Waals surface area contributed by atoms with Crippen LogP contribution in [-0.4, -0.2) is 23.7 Å². The SMILES string of the molecule is CC(NC(=O)NCC(C)(C)C(=O)O)c1ccccc1Cl. The molecule has 20 heavy (non-hydrogen) atoms. The zero-order valence-electron chi connectivity index (χ0n) is 11.7. The van der Waals surface area contributed by atoms with Crippen LogP contribution in [0.5, 0.6) is 0 Å². The summed E-state index contributed by atoms with van der Waals surface area (Å²) in [5.74, 6) is -0.961. The Labute approximate surface area is 123 Å². The van der Waals surface area contributed by atoms with E-state index in [-0.39, 0.29) is 12.6 Å². The van der Waals surface area contributed by atoms with E-state index in [0.29, 0.717) is 5.02 Å². The molecule has 1 rings (SSSR count). The van der Waals surface area contributed by atoms with Crippen LogP contribution >= 0.6 is 11.6 Å². The summed E-state index contributed by atoms with van der Waals surface area (Å²) >= 11 is 6.04. The zero-order chi connectivity index (χ0) is 15.3. The summed E-state index contributed by atoms with van der Waals surface area (Å²) in [6.45, 7) is 4.95. The number of carbonyl (C=O) groups excluding carboxylic acids is 1. The average molecular weight is 299 g/mol. The van der Waals surface area contributed by atoms with Gasteiger partial charge in [-0.05, 0) is 32.4 Å². The highest BCUT2D eigenvalue weighted by atomic mass is 35.5. The lowest BCUT2D eigenvalue weighted by molar-refractivity contribution is -0.146. The number of carbonyl (C=O) groups is 2. The highest BCUT2D eigenvalue weighted by Gasteiger charge is 2.27. The summed E-state index contributed by atoms with van der Waals surface area (Å²) in [4.78, 5) is 22.7. The Morgan fingerprint density at radius 2 is 1.95 bits per heavy atom. The highest BCUT2D eigenvalue weighted by Crippen LogP contribution is 2.22. The van der Waals surface area contributed by atoms with Gasteiger partial charge in [0.1, 0.15) is 0 Å². The Morgan fingerprint density at radius 1 is 1.35 bits per heavy atom. The predicted molar refractivity (Wildman–Crippen MR) is 77.8 cm³/mol. The van der Waals surface area contributed by atoms with Crippen LogP contribution in [0.2, 0.25) is 5.02 Å². The number of rotatable bonds is 5. The first-order chi connectivity index (χ1) is 9.24. The standard InChI is InChI=1S/C14H19ClN2O3/c1-9(10-6-4-5-7-11(10)15)17-13(20)16-8-14(2,3)12(18)19/h4-7,9H,8H2,1-3H3,(H,18,19)(H2,16,17,20). The summed E-state index contributed by atoms with van der Waals surface area (Å²) < 4.78 is 0. The van der Waals surface area contributed by atoms with Crippen molar-refractivity contribution in [3.05, 3.63) is 34.9 Å². The molecule has 0 aliphatic rings. The lowest BCUT2D eigenvalue weighted by Gasteiger charge is -2.21. The molecule has 3 N–H and O–H groups in total. The van der Waals surface area contributed by atoms with Gasteiger partial charge in [0.25, 0.3) is 0 Å². The minimum Gasteiger partial charge on any atom is -0.481 e. The van der Waals surface area contributed by atoms with Gasteiger partial charge in [0, 0.05) is 11.6 Å². The Kier molecular flexibility index (Phi) is 5.39. The van der Waals surface area contributed by atoms with Gasteiger partial charge in [-0.2, -0.15) is 0 Å². The molecule has 1 aromatic rings. The predicted octanol–water partition coefficient (Wildman–Crippen LogP) is 2.81. The smallest absolute Gasteiger partial charge is 0.315 e. The molecule has 1 atom stereocenters. The van der Waals surface area contributed by atoms with E-state index in [9.17, 15) is 9.59 Å². The van der Waals surface area contributed by atoms with Crippen LogP contribution < -0.4 is 10.6 Å². The first-order valence-corrected chi connectivity index (χ1v) is 6.64. The second-order valence-corrected chi connectivity index (χ2v) is 5.67. The number of benzene rings is 1. The molecule has 0 aromatic heterocycles. The Bertz CT molecular complexity index is 503. The molecular weight excluding hydrogens is 280 g/mol. The van der Waals surface area contributed by atoms with Crippen molar-refractivity contribution in [1.82, 2.24) is 10.6 Å². The normalized spacial score (nSPS) is 12.6. The Hall–Kier alpha value is -1.75. The number of urea groups is 1. The summed E-state index contributed by atoms with van der Waals surface area (Å²) in [6, 6.07) is 6.54. The molecule has 1 aromatic carbocycles. The van der Waals surface area contributed by atoms with E-state index in [4.69, 9.17) is 16.7 Å². The monoisotopic (exact) mass is 298 g/mol. The summed E-state index contributed by atoms with van der Waals surface area (Å²) in [6.07, 6.45) is 0. The van der Waals surface area contributed by atoms with E-state index in [1.807, 2.05) is 25.1 Å². The maximum atomic E-state index is 11.7. The maximum absolute atomic E-state index is 11.7. The molecule has 0 saturated heterocycles. The summed E-state index contributed by atoms with van der Waals surface area (Å²) in [5.41, 5.74) is -0.202. The molecule has 0 bridgehead atoms. The first-order valence-electron chi connectivity index (χ1n) is 6.26. The summed E-state index contributed by atoms with van der Waals surface area (Å²) in [7, 11) is 0. The van der Waals surface area contributed by atoms with Crippen molar-refractivity contribution in [3.63, 3.8) is 0 Å². The number of hydrogen-bond donors (Lipinski definition) is 3. The lowest BCUT2D eigenvalue weighted by Crippen LogP contribution is -2.44. The second kappa shape index (κ2) is 6.61. The molecular formula is C14H19ClN2O3. The number of carboxylic acid groups (broad SMARTS) is 1. The van der Waals surface area contributed by atoms with Crippen LogP contribution in [0.4, 0.5) is 4.79 Å². The van der Waals surface area contributed by atoms with E-state index < -0.39 is 17.4 Å². The molecule has 0 aliphatic heterocycles. The van der Waals surface area contributed by atoms with Gasteiger partial charge < -0.3 is 15.7 Å². The van der Waals surface area contributed by atoms with Crippen LogP contribution in [0.3, 0.4) is 0 Å². The largest absolute Gasteiger partial charge is 0.481 e. The Balaban J connectivity index is 2.55. The molecule has 0 heterocycles. The second-order valence-electron chi connectivity index (χ2n) is 5.26. The molecule has 0 radical (unpaired) electrons. The van der Waals surface area contributed by atoms with Gasteiger partial charge in [-0.1, -0.05) is 29.8 Å². The third-order valence-electron chi connectivity index (χ3n) is 2.99. The van der Waals surface area contributed by atoms with Crippen LogP contribution in [-0.2, 0) is 4.79 Å². The lowest BCUT2D eigenvalue weighted by atomic mass is 9.94. The van der Waals surface area contributed by atoms with Gasteiger partial charge in [-0.25, -0.2) is 4.79 Å². The Morgan fingerprint density at radius 3 is 2.50 bits per heavy atom. The van der Waals surface area contributed by atoms with Crippen molar-refractivity contribution in [3.8, 4) is 0 Å². The fourth-order valence-electron chi connectivity index (χ4n) is 1.53. The zero-order valence-corrected chi connectivity index (χ0v) is 12.5. The molecule has 0 spiro atoms. The quantitative estimate of drug-likeness (QED) is 0.782. The van der Waals surface area contributed by atoms with E-state index in [2.05, 4.69) is 10.6 Å². The van der Waals surface area contributed by atoms with Crippen LogP contribution in [0.25, 0.3) is 0 Å². The number of halogens is 1. The van der Waals surface area contributed by atoms with Gasteiger partial charge in [0.15, 0.2) is 0 Å². The average Bonchev–Trinajstić information content (AvgIpc) is 2.36. The number of amides is 2. The third-order valence-corrected chi connectivity index (χ3v) is 3.33. The molecule has 2 amide bonds. The minimum absolute atomic E-state index is 0.0450. The van der Waals surface area contributed by atoms with Crippen LogP contribution in [0.1, 0.15) is 32.4 Å². The van der Waals surface area contributed by atoms with E-state index in [1.54, 1.807) is 19.9 Å². The van der Waals surface area contributed by atoms with Crippen molar-refractivity contribution in [1.29, 1.82) is 0 Å². The fourth-order valence-corrected chi connectivity index (χ4v) is 1.83. The van der Waals surface area contributed by atoms with E-state index >= 15 is 0 Å². The van der Waals surface area contributed by atoms with Gasteiger partial charge in [-0.3, -0.25) is 4.79 Å². The summed E-state index contributed by atoms with van der Waals surface area (Å²) in [5, 5.41) is 14.8. The highest BCUT2D eigenvalue weighted by molar-refractivity contribution is 6.31. The van der Waals surface area contributed by atoms with Crippen molar-refractivity contribution in [2.45, 2.75) is 26.8 Å². The van der Waals surface area contributed by atoms with Gasteiger partial charge in [0.05, 0.1) is 11.5 Å². The molecule has 0 saturated carbocycles. The van der Waals surface area contributed by atoms with Crippen molar-refractivity contribution in [2.75, 3.05) is 6.54 Å². The topological polar surface area (TPSA) is 78.4 Å². The van der Waals surface area contributed by atoms with Crippen LogP contribution in [0.15, 0.2) is 24.3 Å². The van der Waals surface area contributed by atoms with Gasteiger partial charge in [0.2, 0.25) is 0 Å². The molecule has 110 valence electrons. The molecule has 0 aliphatic carbocycles. The molecule has 5 nitrogen and oxygen atoms in total.